The van der Waals surface area contributed by atoms with Gasteiger partial charge in [-0.3, -0.25) is 5.10 Å². The molecular weight excluding hydrogens is 296 g/mol. The molecular formula is C16H16N4O3. The highest BCUT2D eigenvalue weighted by Gasteiger charge is 2.05. The molecule has 7 nitrogen and oxygen atoms in total. The zero-order valence-electron chi connectivity index (χ0n) is 12.5. The van der Waals surface area contributed by atoms with Gasteiger partial charge in [0.05, 0.1) is 18.8 Å². The maximum atomic E-state index is 11.9. The van der Waals surface area contributed by atoms with Gasteiger partial charge >= 0.3 is 6.03 Å². The van der Waals surface area contributed by atoms with Gasteiger partial charge in [0.2, 0.25) is 0 Å². The lowest BCUT2D eigenvalue weighted by Crippen LogP contribution is -2.32. The standard InChI is InChI=1S/C16H16N4O3/c1-22-14-4-2-3-5-15(14)23-10-17-16(21)19-12-7-6-11-9-18-20-13(11)8-12/h2-9H,10H2,1H3,(H,18,20)(H2,17,19,21). The second kappa shape index (κ2) is 6.69. The summed E-state index contributed by atoms with van der Waals surface area (Å²) in [6, 6.07) is 12.4. The zero-order valence-corrected chi connectivity index (χ0v) is 12.5. The smallest absolute Gasteiger partial charge is 0.321 e. The Morgan fingerprint density at radius 2 is 2.04 bits per heavy atom. The summed E-state index contributed by atoms with van der Waals surface area (Å²) in [5.41, 5.74) is 1.52. The first-order valence-corrected chi connectivity index (χ1v) is 7.00. The van der Waals surface area contributed by atoms with Gasteiger partial charge < -0.3 is 20.1 Å². The maximum absolute atomic E-state index is 11.9. The van der Waals surface area contributed by atoms with Gasteiger partial charge in [0.15, 0.2) is 18.2 Å². The Kier molecular flexibility index (Phi) is 4.28. The van der Waals surface area contributed by atoms with Gasteiger partial charge in [0.25, 0.3) is 0 Å². The van der Waals surface area contributed by atoms with Crippen LogP contribution in [0.5, 0.6) is 11.5 Å². The predicted molar refractivity (Wildman–Crippen MR) is 86.7 cm³/mol. The summed E-state index contributed by atoms with van der Waals surface area (Å²) in [4.78, 5) is 11.9. The van der Waals surface area contributed by atoms with E-state index in [1.165, 1.54) is 0 Å². The van der Waals surface area contributed by atoms with Gasteiger partial charge in [-0.2, -0.15) is 5.10 Å². The average Bonchev–Trinajstić information content (AvgIpc) is 3.03. The molecule has 0 unspecified atom stereocenters. The number of para-hydroxylation sites is 2. The second-order valence-electron chi connectivity index (χ2n) is 4.74. The van der Waals surface area contributed by atoms with Crippen molar-refractivity contribution in [3.8, 4) is 11.5 Å². The lowest BCUT2D eigenvalue weighted by molar-refractivity contribution is 0.231. The van der Waals surface area contributed by atoms with Crippen LogP contribution >= 0.6 is 0 Å². The van der Waals surface area contributed by atoms with Gasteiger partial charge in [0.1, 0.15) is 0 Å². The molecule has 0 bridgehead atoms. The zero-order chi connectivity index (χ0) is 16.1. The molecule has 3 aromatic rings. The van der Waals surface area contributed by atoms with Gasteiger partial charge in [-0.25, -0.2) is 4.79 Å². The lowest BCUT2D eigenvalue weighted by Gasteiger charge is -2.11. The summed E-state index contributed by atoms with van der Waals surface area (Å²) in [6.07, 6.45) is 1.72. The normalized spacial score (nSPS) is 10.3. The van der Waals surface area contributed by atoms with Crippen LogP contribution in [-0.2, 0) is 0 Å². The lowest BCUT2D eigenvalue weighted by atomic mass is 10.2. The van der Waals surface area contributed by atoms with E-state index in [4.69, 9.17) is 9.47 Å². The summed E-state index contributed by atoms with van der Waals surface area (Å²) < 4.78 is 10.7. The van der Waals surface area contributed by atoms with Crippen LogP contribution < -0.4 is 20.1 Å². The molecule has 0 aliphatic carbocycles. The monoisotopic (exact) mass is 312 g/mol. The van der Waals surface area contributed by atoms with E-state index in [0.717, 1.165) is 10.9 Å². The second-order valence-corrected chi connectivity index (χ2v) is 4.74. The minimum atomic E-state index is -0.362. The molecule has 3 N–H and O–H groups in total. The van der Waals surface area contributed by atoms with Crippen LogP contribution in [0.1, 0.15) is 0 Å². The molecule has 3 rings (SSSR count). The number of fused-ring (bicyclic) bond motifs is 1. The molecule has 0 spiro atoms. The van der Waals surface area contributed by atoms with Crippen molar-refractivity contribution in [2.75, 3.05) is 19.2 Å². The fourth-order valence-corrected chi connectivity index (χ4v) is 2.11. The molecule has 0 radical (unpaired) electrons. The van der Waals surface area contributed by atoms with Crippen molar-refractivity contribution in [3.63, 3.8) is 0 Å². The van der Waals surface area contributed by atoms with Crippen molar-refractivity contribution < 1.29 is 14.3 Å². The molecule has 0 aliphatic heterocycles. The number of carbonyl (C=O) groups is 1. The van der Waals surface area contributed by atoms with Crippen molar-refractivity contribution in [1.29, 1.82) is 0 Å². The molecule has 0 saturated heterocycles. The van der Waals surface area contributed by atoms with Crippen LogP contribution in [-0.4, -0.2) is 30.1 Å². The van der Waals surface area contributed by atoms with Crippen LogP contribution in [0.25, 0.3) is 10.9 Å². The molecule has 1 aromatic heterocycles. The molecule has 0 fully saturated rings. The maximum Gasteiger partial charge on any atom is 0.321 e. The van der Waals surface area contributed by atoms with Gasteiger partial charge in [-0.15, -0.1) is 0 Å². The number of amides is 2. The number of hydrogen-bond acceptors (Lipinski definition) is 4. The first kappa shape index (κ1) is 14.7. The summed E-state index contributed by atoms with van der Waals surface area (Å²) in [5.74, 6) is 1.17. The van der Waals surface area contributed by atoms with Gasteiger partial charge in [0, 0.05) is 11.1 Å². The molecule has 0 atom stereocenters. The number of urea groups is 1. The van der Waals surface area contributed by atoms with Gasteiger partial charge in [-0.1, -0.05) is 12.1 Å². The van der Waals surface area contributed by atoms with E-state index in [-0.39, 0.29) is 12.8 Å². The number of ether oxygens (including phenoxy) is 2. The van der Waals surface area contributed by atoms with E-state index in [2.05, 4.69) is 20.8 Å². The first-order valence-electron chi connectivity index (χ1n) is 7.00. The Labute approximate surface area is 132 Å². The predicted octanol–water partition coefficient (Wildman–Crippen LogP) is 2.73. The van der Waals surface area contributed by atoms with Crippen LogP contribution in [0, 0.1) is 0 Å². The highest BCUT2D eigenvalue weighted by molar-refractivity contribution is 5.92. The van der Waals surface area contributed by atoms with E-state index in [1.807, 2.05) is 24.3 Å². The van der Waals surface area contributed by atoms with Gasteiger partial charge in [-0.05, 0) is 30.3 Å². The minimum absolute atomic E-state index is 0.0263. The Morgan fingerprint density at radius 3 is 2.87 bits per heavy atom. The fourth-order valence-electron chi connectivity index (χ4n) is 2.11. The van der Waals surface area contributed by atoms with Crippen molar-refractivity contribution in [2.45, 2.75) is 0 Å². The highest BCUT2D eigenvalue weighted by Crippen LogP contribution is 2.25. The van der Waals surface area contributed by atoms with Crippen molar-refractivity contribution in [2.24, 2.45) is 0 Å². The molecule has 118 valence electrons. The van der Waals surface area contributed by atoms with E-state index in [1.54, 1.807) is 31.5 Å². The fraction of sp³-hybridized carbons (Fsp3) is 0.125. The summed E-state index contributed by atoms with van der Waals surface area (Å²) in [5, 5.41) is 13.1. The Morgan fingerprint density at radius 1 is 1.22 bits per heavy atom. The molecule has 23 heavy (non-hydrogen) atoms. The van der Waals surface area contributed by atoms with E-state index in [9.17, 15) is 4.79 Å². The molecule has 7 heteroatoms. The number of carbonyl (C=O) groups excluding carboxylic acids is 1. The largest absolute Gasteiger partial charge is 0.493 e. The summed E-state index contributed by atoms with van der Waals surface area (Å²) in [6.45, 7) is 0.0263. The Balaban J connectivity index is 1.53. The van der Waals surface area contributed by atoms with E-state index < -0.39 is 0 Å². The molecule has 1 heterocycles. The van der Waals surface area contributed by atoms with Crippen molar-refractivity contribution in [1.82, 2.24) is 15.5 Å². The Bertz CT molecular complexity index is 816. The number of rotatable bonds is 5. The molecule has 0 saturated carbocycles. The number of methoxy groups -OCH3 is 1. The average molecular weight is 312 g/mol. The first-order chi connectivity index (χ1) is 11.3. The van der Waals surface area contributed by atoms with E-state index in [0.29, 0.717) is 17.2 Å². The number of aromatic nitrogens is 2. The molecule has 2 amide bonds. The number of benzene rings is 2. The Hall–Kier alpha value is -3.22. The highest BCUT2D eigenvalue weighted by atomic mass is 16.5. The van der Waals surface area contributed by atoms with E-state index >= 15 is 0 Å². The van der Waals surface area contributed by atoms with Crippen molar-refractivity contribution in [3.05, 3.63) is 48.7 Å². The summed E-state index contributed by atoms with van der Waals surface area (Å²) >= 11 is 0. The number of nitrogens with zero attached hydrogens (tertiary/aromatic N) is 1. The number of H-pyrrole nitrogens is 1. The van der Waals surface area contributed by atoms with Crippen LogP contribution in [0.2, 0.25) is 0 Å². The number of aromatic amines is 1. The minimum Gasteiger partial charge on any atom is -0.493 e. The van der Waals surface area contributed by atoms with Crippen LogP contribution in [0.3, 0.4) is 0 Å². The molecule has 2 aromatic carbocycles. The third kappa shape index (κ3) is 3.52. The third-order valence-corrected chi connectivity index (χ3v) is 3.23. The van der Waals surface area contributed by atoms with Crippen LogP contribution in [0.15, 0.2) is 48.7 Å². The molecule has 0 aliphatic rings. The quantitative estimate of drug-likeness (QED) is 0.632. The summed E-state index contributed by atoms with van der Waals surface area (Å²) in [7, 11) is 1.56. The number of nitrogens with one attached hydrogen (secondary N) is 3. The topological polar surface area (TPSA) is 88.3 Å². The number of anilines is 1. The van der Waals surface area contributed by atoms with Crippen molar-refractivity contribution >= 4 is 22.6 Å². The third-order valence-electron chi connectivity index (χ3n) is 3.23. The SMILES string of the molecule is COc1ccccc1OCNC(=O)Nc1ccc2cn[nH]c2c1. The van der Waals surface area contributed by atoms with Crippen LogP contribution in [0.4, 0.5) is 10.5 Å². The number of hydrogen-bond donors (Lipinski definition) is 3.